The second-order valence-corrected chi connectivity index (χ2v) is 4.62. The number of aromatic nitrogens is 2. The number of benzene rings is 1. The van der Waals surface area contributed by atoms with Gasteiger partial charge in [-0.25, -0.2) is 18.1 Å². The molecule has 0 fully saturated rings. The summed E-state index contributed by atoms with van der Waals surface area (Å²) < 4.78 is 27.2. The van der Waals surface area contributed by atoms with E-state index in [0.717, 1.165) is 6.07 Å². The van der Waals surface area contributed by atoms with Crippen LogP contribution in [0.3, 0.4) is 0 Å². The lowest BCUT2D eigenvalue weighted by Gasteiger charge is -2.12. The molecule has 1 heterocycles. The van der Waals surface area contributed by atoms with Crippen molar-refractivity contribution in [1.29, 1.82) is 0 Å². The van der Waals surface area contributed by atoms with E-state index in [1.807, 2.05) is 4.98 Å². The van der Waals surface area contributed by atoms with Gasteiger partial charge in [0.25, 0.3) is 5.56 Å². The highest BCUT2D eigenvalue weighted by molar-refractivity contribution is 9.10. The summed E-state index contributed by atoms with van der Waals surface area (Å²) in [4.78, 5) is 24.9. The zero-order chi connectivity index (χ0) is 14.3. The molecule has 19 heavy (non-hydrogen) atoms. The van der Waals surface area contributed by atoms with Crippen LogP contribution in [-0.4, -0.2) is 14.7 Å². The number of nitrogens with one attached hydrogen (secondary N) is 1. The van der Waals surface area contributed by atoms with E-state index < -0.39 is 28.8 Å². The molecule has 0 atom stereocenters. The topological polar surface area (TPSA) is 75.1 Å². The second-order valence-electron chi connectivity index (χ2n) is 3.76. The zero-order valence-electron chi connectivity index (χ0n) is 9.50. The largest absolute Gasteiger partial charge is 0.494 e. The molecule has 0 aliphatic carbocycles. The summed E-state index contributed by atoms with van der Waals surface area (Å²) in [6, 6.07) is 1.50. The van der Waals surface area contributed by atoms with Gasteiger partial charge in [-0.05, 0) is 28.9 Å². The summed E-state index contributed by atoms with van der Waals surface area (Å²) in [6.45, 7) is 1.26. The minimum absolute atomic E-state index is 0.0751. The van der Waals surface area contributed by atoms with Gasteiger partial charge >= 0.3 is 5.69 Å². The minimum Gasteiger partial charge on any atom is -0.494 e. The quantitative estimate of drug-likeness (QED) is 0.832. The molecular formula is C11H7BrF2N2O3. The molecule has 5 nitrogen and oxygen atoms in total. The molecule has 0 aliphatic rings. The van der Waals surface area contributed by atoms with Crippen LogP contribution in [0.5, 0.6) is 5.88 Å². The molecule has 0 aliphatic heterocycles. The van der Waals surface area contributed by atoms with Crippen LogP contribution in [0, 0.1) is 18.6 Å². The Morgan fingerprint density at radius 1 is 1.32 bits per heavy atom. The van der Waals surface area contributed by atoms with E-state index in [1.165, 1.54) is 6.92 Å². The van der Waals surface area contributed by atoms with Crippen molar-refractivity contribution in [3.63, 3.8) is 0 Å². The molecule has 8 heteroatoms. The van der Waals surface area contributed by atoms with Crippen molar-refractivity contribution < 1.29 is 13.9 Å². The Hall–Kier alpha value is -1.96. The highest BCUT2D eigenvalue weighted by Gasteiger charge is 2.18. The third-order valence-corrected chi connectivity index (χ3v) is 3.12. The molecule has 2 rings (SSSR count). The van der Waals surface area contributed by atoms with E-state index in [0.29, 0.717) is 10.6 Å². The van der Waals surface area contributed by atoms with E-state index in [-0.39, 0.29) is 15.7 Å². The number of hydrogen-bond acceptors (Lipinski definition) is 3. The zero-order valence-corrected chi connectivity index (χ0v) is 11.1. The molecule has 0 saturated heterocycles. The minimum atomic E-state index is -1.06. The van der Waals surface area contributed by atoms with Crippen molar-refractivity contribution in [1.82, 2.24) is 9.55 Å². The number of rotatable bonds is 1. The lowest BCUT2D eigenvalue weighted by Crippen LogP contribution is -2.31. The monoisotopic (exact) mass is 332 g/mol. The fraction of sp³-hybridized carbons (Fsp3) is 0.0909. The van der Waals surface area contributed by atoms with Crippen LogP contribution < -0.4 is 11.2 Å². The number of hydrogen-bond donors (Lipinski definition) is 2. The van der Waals surface area contributed by atoms with Crippen molar-refractivity contribution in [2.75, 3.05) is 0 Å². The van der Waals surface area contributed by atoms with Gasteiger partial charge < -0.3 is 5.11 Å². The van der Waals surface area contributed by atoms with E-state index in [1.54, 1.807) is 0 Å². The SMILES string of the molecule is Cc1c(O)n(-c2c(F)cc(F)cc2Br)c(=O)[nH]c1=O. The van der Waals surface area contributed by atoms with Crippen molar-refractivity contribution in [3.05, 3.63) is 54.6 Å². The number of aromatic hydroxyl groups is 1. The predicted molar refractivity (Wildman–Crippen MR) is 66.7 cm³/mol. The number of aromatic amines is 1. The van der Waals surface area contributed by atoms with Crippen molar-refractivity contribution in [3.8, 4) is 11.6 Å². The Morgan fingerprint density at radius 3 is 2.53 bits per heavy atom. The van der Waals surface area contributed by atoms with Crippen LogP contribution in [0.15, 0.2) is 26.2 Å². The summed E-state index contributed by atoms with van der Waals surface area (Å²) in [6.07, 6.45) is 0. The first-order valence-corrected chi connectivity index (χ1v) is 5.82. The van der Waals surface area contributed by atoms with Gasteiger partial charge in [-0.15, -0.1) is 0 Å². The van der Waals surface area contributed by atoms with Crippen molar-refractivity contribution in [2.24, 2.45) is 0 Å². The van der Waals surface area contributed by atoms with E-state index in [9.17, 15) is 23.5 Å². The van der Waals surface area contributed by atoms with E-state index >= 15 is 0 Å². The third-order valence-electron chi connectivity index (χ3n) is 2.52. The average Bonchev–Trinajstić information content (AvgIpc) is 2.29. The molecule has 100 valence electrons. The van der Waals surface area contributed by atoms with Gasteiger partial charge in [-0.2, -0.15) is 0 Å². The highest BCUT2D eigenvalue weighted by atomic mass is 79.9. The maximum atomic E-state index is 13.8. The van der Waals surface area contributed by atoms with Gasteiger partial charge in [-0.3, -0.25) is 9.78 Å². The Labute approximate surface area is 113 Å². The fourth-order valence-electron chi connectivity index (χ4n) is 1.57. The highest BCUT2D eigenvalue weighted by Crippen LogP contribution is 2.27. The van der Waals surface area contributed by atoms with Crippen molar-refractivity contribution in [2.45, 2.75) is 6.92 Å². The van der Waals surface area contributed by atoms with Gasteiger partial charge in [0.1, 0.15) is 11.5 Å². The number of H-pyrrole nitrogens is 1. The van der Waals surface area contributed by atoms with Crippen LogP contribution >= 0.6 is 15.9 Å². The molecule has 0 spiro atoms. The number of halogens is 3. The molecule has 0 amide bonds. The van der Waals surface area contributed by atoms with E-state index in [2.05, 4.69) is 15.9 Å². The second kappa shape index (κ2) is 4.61. The lowest BCUT2D eigenvalue weighted by molar-refractivity contribution is 0.422. The van der Waals surface area contributed by atoms with Crippen molar-refractivity contribution >= 4 is 15.9 Å². The maximum Gasteiger partial charge on any atom is 0.335 e. The maximum absolute atomic E-state index is 13.8. The van der Waals surface area contributed by atoms with Gasteiger partial charge in [0.2, 0.25) is 5.88 Å². The summed E-state index contributed by atoms with van der Waals surface area (Å²) in [5, 5.41) is 9.79. The first-order chi connectivity index (χ1) is 8.82. The number of nitrogens with zero attached hydrogens (tertiary/aromatic N) is 1. The summed E-state index contributed by atoms with van der Waals surface area (Å²) in [5.41, 5.74) is -2.35. The van der Waals surface area contributed by atoms with Gasteiger partial charge in [0, 0.05) is 10.5 Å². The Morgan fingerprint density at radius 2 is 1.95 bits per heavy atom. The molecule has 0 saturated carbocycles. The lowest BCUT2D eigenvalue weighted by atomic mass is 10.2. The average molecular weight is 333 g/mol. The molecular weight excluding hydrogens is 326 g/mol. The van der Waals surface area contributed by atoms with Gasteiger partial charge in [0.15, 0.2) is 5.82 Å². The summed E-state index contributed by atoms with van der Waals surface area (Å²) in [7, 11) is 0. The molecule has 0 radical (unpaired) electrons. The summed E-state index contributed by atoms with van der Waals surface area (Å²) >= 11 is 2.90. The van der Waals surface area contributed by atoms with Crippen LogP contribution in [-0.2, 0) is 0 Å². The predicted octanol–water partition coefficient (Wildman–Crippen LogP) is 1.58. The normalized spacial score (nSPS) is 10.7. The molecule has 2 aromatic rings. The molecule has 1 aromatic carbocycles. The molecule has 0 bridgehead atoms. The fourth-order valence-corrected chi connectivity index (χ4v) is 2.15. The van der Waals surface area contributed by atoms with E-state index in [4.69, 9.17) is 0 Å². The Balaban J connectivity index is 2.92. The molecule has 0 unspecified atom stereocenters. The first-order valence-electron chi connectivity index (χ1n) is 5.02. The smallest absolute Gasteiger partial charge is 0.335 e. The first kappa shape index (κ1) is 13.5. The van der Waals surface area contributed by atoms with Gasteiger partial charge in [-0.1, -0.05) is 0 Å². The molecule has 2 N–H and O–H groups in total. The standard InChI is InChI=1S/C11H7BrF2N2O3/c1-4-9(17)15-11(19)16(10(4)18)8-6(12)2-5(13)3-7(8)14/h2-3,18H,1H3,(H,15,17,19). The van der Waals surface area contributed by atoms with Gasteiger partial charge in [0.05, 0.1) is 5.56 Å². The van der Waals surface area contributed by atoms with Crippen LogP contribution in [0.25, 0.3) is 5.69 Å². The van der Waals surface area contributed by atoms with Crippen LogP contribution in [0.4, 0.5) is 8.78 Å². The summed E-state index contributed by atoms with van der Waals surface area (Å²) in [5.74, 6) is -2.61. The molecule has 1 aromatic heterocycles. The van der Waals surface area contributed by atoms with Crippen LogP contribution in [0.1, 0.15) is 5.56 Å². The Kier molecular flexibility index (Phi) is 3.27. The third kappa shape index (κ3) is 2.19. The van der Waals surface area contributed by atoms with Crippen LogP contribution in [0.2, 0.25) is 0 Å². The Bertz CT molecular complexity index is 759.